The summed E-state index contributed by atoms with van der Waals surface area (Å²) in [5.74, 6) is 1.54. The molecule has 0 bridgehead atoms. The Labute approximate surface area is 139 Å². The summed E-state index contributed by atoms with van der Waals surface area (Å²) in [7, 11) is 0. The lowest BCUT2D eigenvalue weighted by Crippen LogP contribution is -2.05. The molecule has 1 heterocycles. The molecule has 0 amide bonds. The number of carbonyl (C=O) groups is 1. The fraction of sp³-hybridized carbons (Fsp3) is 0.222. The maximum Gasteiger partial charge on any atom is 0.231 e. The van der Waals surface area contributed by atoms with Crippen LogP contribution in [0.2, 0.25) is 5.02 Å². The molecule has 0 spiro atoms. The number of hydrogen-bond acceptors (Lipinski definition) is 4. The number of fused-ring (bicyclic) bond motifs is 1. The third-order valence-corrected chi connectivity index (χ3v) is 3.80. The van der Waals surface area contributed by atoms with Crippen LogP contribution in [0.25, 0.3) is 0 Å². The molecule has 2 aromatic rings. The summed E-state index contributed by atoms with van der Waals surface area (Å²) in [6, 6.07) is 12.6. The highest BCUT2D eigenvalue weighted by Gasteiger charge is 2.13. The Bertz CT molecular complexity index is 753. The summed E-state index contributed by atoms with van der Waals surface area (Å²) in [6.45, 7) is 2.63. The van der Waals surface area contributed by atoms with E-state index in [4.69, 9.17) is 21.1 Å². The fourth-order valence-electron chi connectivity index (χ4n) is 2.29. The molecule has 1 aliphatic heterocycles. The maximum atomic E-state index is 12.2. The Morgan fingerprint density at radius 3 is 2.65 bits per heavy atom. The molecule has 0 saturated heterocycles. The largest absolute Gasteiger partial charge is 0.454 e. The van der Waals surface area contributed by atoms with Gasteiger partial charge in [-0.05, 0) is 48.9 Å². The summed E-state index contributed by atoms with van der Waals surface area (Å²) in [6.07, 6.45) is 0.298. The Hall–Kier alpha value is -2.33. The number of carbonyl (C=O) groups excluding carboxylic acids is 1. The van der Waals surface area contributed by atoms with E-state index >= 15 is 0 Å². The van der Waals surface area contributed by atoms with Crippen LogP contribution in [0.3, 0.4) is 0 Å². The molecule has 5 heteroatoms. The van der Waals surface area contributed by atoms with E-state index in [1.807, 2.05) is 25.1 Å². The maximum absolute atomic E-state index is 12.2. The van der Waals surface area contributed by atoms with Gasteiger partial charge in [0.1, 0.15) is 0 Å². The van der Waals surface area contributed by atoms with Gasteiger partial charge >= 0.3 is 0 Å². The van der Waals surface area contributed by atoms with Gasteiger partial charge in [-0.25, -0.2) is 0 Å². The highest BCUT2D eigenvalue weighted by molar-refractivity contribution is 6.30. The van der Waals surface area contributed by atoms with Gasteiger partial charge in [0.25, 0.3) is 0 Å². The first kappa shape index (κ1) is 15.6. The standard InChI is InChI=1S/C18H16ClNO3/c1-12(8-16(21)14-3-5-15(19)6-4-14)20-10-13-2-7-17-18(9-13)23-11-22-17/h2-7,9H,8,10-11H2,1H3. The van der Waals surface area contributed by atoms with Crippen molar-refractivity contribution in [3.8, 4) is 11.5 Å². The summed E-state index contributed by atoms with van der Waals surface area (Å²) in [5, 5.41) is 0.620. The van der Waals surface area contributed by atoms with Crippen molar-refractivity contribution in [3.63, 3.8) is 0 Å². The van der Waals surface area contributed by atoms with Crippen LogP contribution in [0, 0.1) is 0 Å². The average molecular weight is 330 g/mol. The molecule has 0 fully saturated rings. The van der Waals surface area contributed by atoms with Crippen molar-refractivity contribution in [1.82, 2.24) is 0 Å². The predicted molar refractivity (Wildman–Crippen MR) is 89.8 cm³/mol. The zero-order valence-corrected chi connectivity index (χ0v) is 13.5. The summed E-state index contributed by atoms with van der Waals surface area (Å²) in [4.78, 5) is 16.6. The van der Waals surface area contributed by atoms with E-state index in [9.17, 15) is 4.79 Å². The monoisotopic (exact) mass is 329 g/mol. The number of ether oxygens (including phenoxy) is 2. The van der Waals surface area contributed by atoms with Crippen molar-refractivity contribution in [1.29, 1.82) is 0 Å². The minimum atomic E-state index is 0.0357. The van der Waals surface area contributed by atoms with E-state index in [0.717, 1.165) is 22.8 Å². The second-order valence-electron chi connectivity index (χ2n) is 5.35. The number of halogens is 1. The van der Waals surface area contributed by atoms with Gasteiger partial charge in [0.15, 0.2) is 17.3 Å². The molecule has 1 aliphatic rings. The van der Waals surface area contributed by atoms with Crippen molar-refractivity contribution in [3.05, 3.63) is 58.6 Å². The SMILES string of the molecule is CC(CC(=O)c1ccc(Cl)cc1)=NCc1ccc2c(c1)OCO2. The molecular weight excluding hydrogens is 314 g/mol. The van der Waals surface area contributed by atoms with Gasteiger partial charge in [-0.2, -0.15) is 0 Å². The van der Waals surface area contributed by atoms with Crippen molar-refractivity contribution in [2.24, 2.45) is 4.99 Å². The van der Waals surface area contributed by atoms with Crippen molar-refractivity contribution >= 4 is 23.1 Å². The van der Waals surface area contributed by atoms with Gasteiger partial charge in [-0.1, -0.05) is 17.7 Å². The molecule has 23 heavy (non-hydrogen) atoms. The number of Topliss-reactive ketones (excluding diaryl/α,β-unsaturated/α-hetero) is 1. The molecule has 0 atom stereocenters. The predicted octanol–water partition coefficient (Wildman–Crippen LogP) is 4.30. The Morgan fingerprint density at radius 2 is 1.87 bits per heavy atom. The van der Waals surface area contributed by atoms with Crippen LogP contribution >= 0.6 is 11.6 Å². The number of aliphatic imine (C=N–C) groups is 1. The minimum Gasteiger partial charge on any atom is -0.454 e. The Morgan fingerprint density at radius 1 is 1.13 bits per heavy atom. The van der Waals surface area contributed by atoms with Crippen LogP contribution < -0.4 is 9.47 Å². The normalized spacial score (nSPS) is 13.2. The van der Waals surface area contributed by atoms with Crippen LogP contribution in [-0.4, -0.2) is 18.3 Å². The van der Waals surface area contributed by atoms with E-state index in [-0.39, 0.29) is 12.6 Å². The first-order valence-corrected chi connectivity index (χ1v) is 7.67. The highest BCUT2D eigenvalue weighted by Crippen LogP contribution is 2.32. The quantitative estimate of drug-likeness (QED) is 0.607. The van der Waals surface area contributed by atoms with Crippen LogP contribution in [0.1, 0.15) is 29.3 Å². The highest BCUT2D eigenvalue weighted by atomic mass is 35.5. The zero-order valence-electron chi connectivity index (χ0n) is 12.7. The number of hydrogen-bond donors (Lipinski definition) is 0. The number of rotatable bonds is 5. The first-order valence-electron chi connectivity index (χ1n) is 7.29. The van der Waals surface area contributed by atoms with Crippen molar-refractivity contribution in [2.45, 2.75) is 19.9 Å². The molecule has 0 saturated carbocycles. The molecule has 0 aliphatic carbocycles. The van der Waals surface area contributed by atoms with Crippen LogP contribution in [0.5, 0.6) is 11.5 Å². The lowest BCUT2D eigenvalue weighted by Gasteiger charge is -2.03. The van der Waals surface area contributed by atoms with Crippen LogP contribution in [0.4, 0.5) is 0 Å². The Kier molecular flexibility index (Phi) is 4.63. The molecular formula is C18H16ClNO3. The lowest BCUT2D eigenvalue weighted by atomic mass is 10.1. The first-order chi connectivity index (χ1) is 11.1. The van der Waals surface area contributed by atoms with E-state index in [0.29, 0.717) is 23.6 Å². The van der Waals surface area contributed by atoms with Gasteiger partial charge in [0, 0.05) is 22.7 Å². The fourth-order valence-corrected chi connectivity index (χ4v) is 2.42. The molecule has 3 rings (SSSR count). The number of nitrogens with zero attached hydrogens (tertiary/aromatic N) is 1. The summed E-state index contributed by atoms with van der Waals surface area (Å²) >= 11 is 5.83. The van der Waals surface area contributed by atoms with Gasteiger partial charge < -0.3 is 9.47 Å². The second-order valence-corrected chi connectivity index (χ2v) is 5.78. The topological polar surface area (TPSA) is 47.9 Å². The zero-order chi connectivity index (χ0) is 16.2. The van der Waals surface area contributed by atoms with Crippen LogP contribution in [-0.2, 0) is 6.54 Å². The second kappa shape index (κ2) is 6.84. The summed E-state index contributed by atoms with van der Waals surface area (Å²) < 4.78 is 10.6. The molecule has 0 radical (unpaired) electrons. The molecule has 0 unspecified atom stereocenters. The van der Waals surface area contributed by atoms with Gasteiger partial charge in [0.2, 0.25) is 6.79 Å². The van der Waals surface area contributed by atoms with E-state index in [1.165, 1.54) is 0 Å². The molecule has 118 valence electrons. The number of benzene rings is 2. The van der Waals surface area contributed by atoms with E-state index in [2.05, 4.69) is 4.99 Å². The smallest absolute Gasteiger partial charge is 0.231 e. The molecule has 0 N–H and O–H groups in total. The lowest BCUT2D eigenvalue weighted by molar-refractivity contribution is 0.100. The third kappa shape index (κ3) is 3.90. The average Bonchev–Trinajstić information content (AvgIpc) is 3.01. The number of ketones is 1. The molecule has 2 aromatic carbocycles. The summed E-state index contributed by atoms with van der Waals surface area (Å²) in [5.41, 5.74) is 2.46. The molecule has 4 nitrogen and oxygen atoms in total. The van der Waals surface area contributed by atoms with Crippen molar-refractivity contribution in [2.75, 3.05) is 6.79 Å². The third-order valence-electron chi connectivity index (χ3n) is 3.55. The van der Waals surface area contributed by atoms with Gasteiger partial charge in [-0.15, -0.1) is 0 Å². The van der Waals surface area contributed by atoms with Crippen molar-refractivity contribution < 1.29 is 14.3 Å². The van der Waals surface area contributed by atoms with E-state index in [1.54, 1.807) is 24.3 Å². The van der Waals surface area contributed by atoms with E-state index < -0.39 is 0 Å². The van der Waals surface area contributed by atoms with Gasteiger partial charge in [-0.3, -0.25) is 9.79 Å². The molecule has 0 aromatic heterocycles. The minimum absolute atomic E-state index is 0.0357. The van der Waals surface area contributed by atoms with Crippen LogP contribution in [0.15, 0.2) is 47.5 Å². The Balaban J connectivity index is 1.61. The van der Waals surface area contributed by atoms with Gasteiger partial charge in [0.05, 0.1) is 6.54 Å².